The van der Waals surface area contributed by atoms with Gasteiger partial charge in [-0.05, 0) is 99.6 Å². The van der Waals surface area contributed by atoms with Crippen molar-refractivity contribution in [2.75, 3.05) is 13.2 Å². The summed E-state index contributed by atoms with van der Waals surface area (Å²) >= 11 is 6.83. The van der Waals surface area contributed by atoms with E-state index in [0.717, 1.165) is 90.2 Å². The molecule has 5 nitrogen and oxygen atoms in total. The van der Waals surface area contributed by atoms with Gasteiger partial charge in [0.2, 0.25) is 0 Å². The number of carbonyl (C=O) groups excluding carboxylic acids is 3. The van der Waals surface area contributed by atoms with Crippen LogP contribution in [0.3, 0.4) is 0 Å². The fraction of sp³-hybridized carbons (Fsp3) is 0.531. The van der Waals surface area contributed by atoms with Crippen molar-refractivity contribution in [2.45, 2.75) is 83.2 Å². The van der Waals surface area contributed by atoms with E-state index < -0.39 is 0 Å². The number of hydrogen-bond acceptors (Lipinski definition) is 5. The Morgan fingerprint density at radius 1 is 0.756 bits per heavy atom. The van der Waals surface area contributed by atoms with Crippen molar-refractivity contribution < 1.29 is 55.2 Å². The number of aliphatic hydroxyl groups excluding tert-OH is 1. The second-order valence-corrected chi connectivity index (χ2v) is 13.6. The zero-order valence-electron chi connectivity index (χ0n) is 24.9. The fourth-order valence-corrected chi connectivity index (χ4v) is 7.49. The molecule has 2 saturated carbocycles. The average molecular weight is 695 g/mol. The monoisotopic (exact) mass is 693 g/mol. The molecule has 1 N–H and O–H groups in total. The Morgan fingerprint density at radius 3 is 1.61 bits per heavy atom. The summed E-state index contributed by atoms with van der Waals surface area (Å²) in [5, 5.41) is 9.58. The van der Waals surface area contributed by atoms with Gasteiger partial charge in [-0.3, -0.25) is 14.4 Å². The van der Waals surface area contributed by atoms with Crippen LogP contribution in [0.4, 0.5) is 0 Å². The predicted octanol–water partition coefficient (Wildman–Crippen LogP) is 3.96. The van der Waals surface area contributed by atoms with Crippen LogP contribution >= 0.6 is 31.9 Å². The predicted molar refractivity (Wildman–Crippen MR) is 164 cm³/mol. The summed E-state index contributed by atoms with van der Waals surface area (Å²) in [6.45, 7) is 2.00. The Labute approximate surface area is 285 Å². The van der Waals surface area contributed by atoms with Crippen LogP contribution in [0.2, 0.25) is 0 Å². The van der Waals surface area contributed by atoms with E-state index in [0.29, 0.717) is 24.4 Å². The zero-order chi connectivity index (χ0) is 27.6. The number of aliphatic hydroxyl groups is 1. The van der Waals surface area contributed by atoms with E-state index in [1.165, 1.54) is 18.4 Å². The molecule has 2 spiro atoms. The molecule has 0 unspecified atom stereocenters. The minimum atomic E-state index is -0.267. The molecule has 9 heteroatoms. The second-order valence-electron chi connectivity index (χ2n) is 11.8. The Hall–Kier alpha value is -0.605. The normalized spacial score (nSPS) is 25.2. The molecule has 7 rings (SSSR count). The summed E-state index contributed by atoms with van der Waals surface area (Å²) in [6, 6.07) is 11.9. The third kappa shape index (κ3) is 7.73. The molecule has 0 aromatic heterocycles. The molecule has 41 heavy (non-hydrogen) atoms. The quantitative estimate of drug-likeness (QED) is 0.423. The maximum absolute atomic E-state index is 12.5. The van der Waals surface area contributed by atoms with Gasteiger partial charge in [-0.2, -0.15) is 0 Å². The van der Waals surface area contributed by atoms with Crippen molar-refractivity contribution in [3.8, 4) is 0 Å². The van der Waals surface area contributed by atoms with Crippen molar-refractivity contribution >= 4 is 57.6 Å². The van der Waals surface area contributed by atoms with Crippen molar-refractivity contribution in [3.63, 3.8) is 0 Å². The van der Waals surface area contributed by atoms with Crippen LogP contribution in [0.15, 0.2) is 45.3 Å². The number of ketones is 3. The molecule has 1 saturated heterocycles. The maximum Gasteiger partial charge on any atom is 1.00 e. The van der Waals surface area contributed by atoms with E-state index >= 15 is 0 Å². The van der Waals surface area contributed by atoms with Gasteiger partial charge in [-0.15, -0.1) is 0 Å². The smallest absolute Gasteiger partial charge is 1.00 e. The van der Waals surface area contributed by atoms with Gasteiger partial charge in [0.05, 0.1) is 6.10 Å². The van der Waals surface area contributed by atoms with Crippen LogP contribution in [0.25, 0.3) is 0 Å². The number of fused-ring (bicyclic) bond motifs is 2. The molecule has 0 amide bonds. The van der Waals surface area contributed by atoms with Gasteiger partial charge in [-0.1, -0.05) is 44.0 Å². The molecule has 1 aliphatic heterocycles. The number of benzene rings is 2. The summed E-state index contributed by atoms with van der Waals surface area (Å²) in [5.74, 6) is 0.850. The summed E-state index contributed by atoms with van der Waals surface area (Å²) in [7, 11) is 0. The van der Waals surface area contributed by atoms with Crippen molar-refractivity contribution in [2.24, 2.45) is 10.8 Å². The Balaban J connectivity index is 0.000000237. The Bertz CT molecular complexity index is 1260. The molecule has 2 aromatic carbocycles. The number of carbonyl (C=O) groups is 3. The molecular formula is C32H37BBr2NaO5. The van der Waals surface area contributed by atoms with E-state index in [1.54, 1.807) is 0 Å². The van der Waals surface area contributed by atoms with Crippen LogP contribution < -0.4 is 29.6 Å². The molecule has 213 valence electrons. The number of hydrogen-bond donors (Lipinski definition) is 1. The summed E-state index contributed by atoms with van der Waals surface area (Å²) in [6.07, 6.45) is 9.84. The maximum atomic E-state index is 12.5. The van der Waals surface area contributed by atoms with Crippen LogP contribution in [0.1, 0.15) is 97.5 Å². The minimum absolute atomic E-state index is 0. The zero-order valence-corrected chi connectivity index (χ0v) is 29.0. The summed E-state index contributed by atoms with van der Waals surface area (Å²) in [4.78, 5) is 36.3. The first-order valence-corrected chi connectivity index (χ1v) is 15.7. The first-order valence-electron chi connectivity index (χ1n) is 14.2. The number of Topliss-reactive ketones (excluding diaryl/α,β-unsaturated/α-hetero) is 3. The minimum Gasteiger partial charge on any atom is -1.00 e. The van der Waals surface area contributed by atoms with E-state index in [2.05, 4.69) is 37.9 Å². The van der Waals surface area contributed by atoms with Crippen molar-refractivity contribution in [1.29, 1.82) is 0 Å². The van der Waals surface area contributed by atoms with E-state index in [-0.39, 0.29) is 62.1 Å². The second kappa shape index (κ2) is 14.9. The van der Waals surface area contributed by atoms with E-state index in [4.69, 9.17) is 4.74 Å². The first-order chi connectivity index (χ1) is 18.7. The van der Waals surface area contributed by atoms with Crippen molar-refractivity contribution in [3.05, 3.63) is 67.6 Å². The van der Waals surface area contributed by atoms with Gasteiger partial charge in [-0.25, -0.2) is 0 Å². The molecular weight excluding hydrogens is 658 g/mol. The Morgan fingerprint density at radius 2 is 1.20 bits per heavy atom. The van der Waals surface area contributed by atoms with Gasteiger partial charge in [0, 0.05) is 65.4 Å². The molecule has 3 fully saturated rings. The molecule has 5 aliphatic rings. The van der Waals surface area contributed by atoms with Gasteiger partial charge in [0.15, 0.2) is 11.6 Å². The molecule has 3 radical (unpaired) electrons. The number of rotatable bonds is 0. The van der Waals surface area contributed by atoms with Gasteiger partial charge in [0.25, 0.3) is 0 Å². The summed E-state index contributed by atoms with van der Waals surface area (Å²) in [5.41, 5.74) is 3.59. The van der Waals surface area contributed by atoms with E-state index in [1.807, 2.05) is 30.3 Å². The molecule has 4 aliphatic carbocycles. The molecule has 0 bridgehead atoms. The average Bonchev–Trinajstić information content (AvgIpc) is 3.66. The summed E-state index contributed by atoms with van der Waals surface area (Å²) < 4.78 is 6.87. The SMILES string of the molecule is C1CCOC1.O=C1CCC2(CC1)Cc1ccc(Br)cc1C2=O.O=C1c2cc(Br)ccc2CC12CCC(O)CC2.[B].[H-].[Na+]. The van der Waals surface area contributed by atoms with Crippen LogP contribution in [0, 0.1) is 10.8 Å². The van der Waals surface area contributed by atoms with Crippen LogP contribution in [0.5, 0.6) is 0 Å². The topological polar surface area (TPSA) is 80.7 Å². The molecule has 1 heterocycles. The van der Waals surface area contributed by atoms with E-state index in [9.17, 15) is 19.5 Å². The number of halogens is 2. The Kier molecular flexibility index (Phi) is 12.7. The standard InChI is InChI=1S/C14H15BrO2.C14H13BrO2.C4H8O.B.Na.H/c2*15-10-2-1-9-8-14(13(17)12(9)7-10)5-3-11(16)4-6-14;1-2-4-5-3-1;;;/h1-2,7,11,16H,3-6,8H2;1-2,7H,3-6,8H2;1-4H2;;;/q;;;;+1;-1. The molecule has 0 atom stereocenters. The number of ether oxygens (including phenoxy) is 1. The fourth-order valence-electron chi connectivity index (χ4n) is 6.77. The van der Waals surface area contributed by atoms with Crippen molar-refractivity contribution in [1.82, 2.24) is 0 Å². The van der Waals surface area contributed by atoms with Gasteiger partial charge >= 0.3 is 29.6 Å². The first kappa shape index (κ1) is 34.9. The van der Waals surface area contributed by atoms with Gasteiger partial charge < -0.3 is 11.3 Å². The largest absolute Gasteiger partial charge is 1.00 e. The van der Waals surface area contributed by atoms with Gasteiger partial charge in [0.1, 0.15) is 5.78 Å². The third-order valence-corrected chi connectivity index (χ3v) is 10.1. The molecule has 2 aromatic rings. The van der Waals surface area contributed by atoms with Crippen LogP contribution in [-0.2, 0) is 22.4 Å². The van der Waals surface area contributed by atoms with Crippen LogP contribution in [-0.4, -0.2) is 50.2 Å². The third-order valence-electron chi connectivity index (χ3n) is 9.16.